The molecule has 1 atom stereocenters. The van der Waals surface area contributed by atoms with Gasteiger partial charge in [-0.05, 0) is 5.56 Å². The van der Waals surface area contributed by atoms with Crippen molar-refractivity contribution in [2.75, 3.05) is 0 Å². The molecule has 0 saturated heterocycles. The molecule has 1 amide bonds. The fraction of sp³-hybridized carbons (Fsp3) is 0.0833. The molecule has 9 nitrogen and oxygen atoms in total. The van der Waals surface area contributed by atoms with Crippen LogP contribution in [-0.2, 0) is 4.79 Å². The van der Waals surface area contributed by atoms with Crippen molar-refractivity contribution in [2.24, 2.45) is 10.2 Å². The Morgan fingerprint density at radius 3 is 2.43 bits per heavy atom. The van der Waals surface area contributed by atoms with E-state index in [2.05, 4.69) is 10.2 Å². The fourth-order valence-corrected chi connectivity index (χ4v) is 1.49. The second-order valence-electron chi connectivity index (χ2n) is 3.96. The highest BCUT2D eigenvalue weighted by Gasteiger charge is 2.17. The third kappa shape index (κ3) is 3.28. The van der Waals surface area contributed by atoms with Gasteiger partial charge in [-0.3, -0.25) is 19.6 Å². The Labute approximate surface area is 116 Å². The molecule has 108 valence electrons. The summed E-state index contributed by atoms with van der Waals surface area (Å²) in [6, 6.07) is 7.99. The first-order valence-electron chi connectivity index (χ1n) is 5.73. The molecule has 0 unspecified atom stereocenters. The normalized spacial score (nSPS) is 12.4. The predicted molar refractivity (Wildman–Crippen MR) is 70.3 cm³/mol. The molecule has 1 heterocycles. The van der Waals surface area contributed by atoms with Gasteiger partial charge in [0.2, 0.25) is 11.6 Å². The van der Waals surface area contributed by atoms with Crippen molar-refractivity contribution in [3.05, 3.63) is 56.7 Å². The van der Waals surface area contributed by atoms with Gasteiger partial charge in [-0.1, -0.05) is 30.3 Å². The molecule has 0 aliphatic rings. The fourth-order valence-electron chi connectivity index (χ4n) is 1.49. The summed E-state index contributed by atoms with van der Waals surface area (Å²) in [5.74, 6) is -1.85. The van der Waals surface area contributed by atoms with Crippen LogP contribution in [0.4, 0.5) is 5.69 Å². The van der Waals surface area contributed by atoms with Crippen molar-refractivity contribution in [3.63, 3.8) is 0 Å². The smallest absolute Gasteiger partial charge is 0.328 e. The molecule has 0 saturated carbocycles. The zero-order chi connectivity index (χ0) is 15.4. The minimum atomic E-state index is -1.54. The number of carbonyl (C=O) groups is 1. The summed E-state index contributed by atoms with van der Waals surface area (Å²) in [6.45, 7) is 0. The van der Waals surface area contributed by atoms with Gasteiger partial charge in [0.05, 0.1) is 0 Å². The van der Waals surface area contributed by atoms with Gasteiger partial charge < -0.3 is 10.2 Å². The Morgan fingerprint density at radius 1 is 1.14 bits per heavy atom. The molecule has 2 rings (SSSR count). The van der Waals surface area contributed by atoms with E-state index in [1.165, 1.54) is 12.1 Å². The van der Waals surface area contributed by atoms with E-state index in [0.29, 0.717) is 5.56 Å². The summed E-state index contributed by atoms with van der Waals surface area (Å²) in [5, 5.41) is 25.5. The minimum Gasteiger partial charge on any atom is -0.493 e. The number of hydrogen-bond donors (Lipinski definition) is 4. The monoisotopic (exact) mass is 290 g/mol. The number of aromatic hydroxyl groups is 1. The first-order valence-corrected chi connectivity index (χ1v) is 5.73. The molecule has 1 aromatic carbocycles. The van der Waals surface area contributed by atoms with E-state index in [1.54, 1.807) is 18.2 Å². The van der Waals surface area contributed by atoms with Gasteiger partial charge in [-0.15, -0.1) is 10.2 Å². The van der Waals surface area contributed by atoms with E-state index in [9.17, 15) is 24.6 Å². The number of carbonyl (C=O) groups excluding carboxylic acids is 1. The van der Waals surface area contributed by atoms with Gasteiger partial charge in [0.15, 0.2) is 6.10 Å². The lowest BCUT2D eigenvalue weighted by Crippen LogP contribution is -2.21. The average molecular weight is 290 g/mol. The summed E-state index contributed by atoms with van der Waals surface area (Å²) >= 11 is 0. The highest BCUT2D eigenvalue weighted by Crippen LogP contribution is 2.18. The summed E-state index contributed by atoms with van der Waals surface area (Å²) < 4.78 is 0. The maximum absolute atomic E-state index is 11.6. The van der Waals surface area contributed by atoms with Crippen molar-refractivity contribution in [1.29, 1.82) is 0 Å². The number of aliphatic hydroxyl groups excluding tert-OH is 1. The van der Waals surface area contributed by atoms with Crippen LogP contribution in [0.5, 0.6) is 5.88 Å². The first-order chi connectivity index (χ1) is 9.99. The van der Waals surface area contributed by atoms with E-state index in [4.69, 9.17) is 0 Å². The Balaban J connectivity index is 2.24. The van der Waals surface area contributed by atoms with Crippen molar-refractivity contribution < 1.29 is 15.0 Å². The van der Waals surface area contributed by atoms with Gasteiger partial charge in [0, 0.05) is 0 Å². The third-order valence-electron chi connectivity index (χ3n) is 2.50. The topological polar surface area (TPSA) is 148 Å². The van der Waals surface area contributed by atoms with Gasteiger partial charge in [0.1, 0.15) is 0 Å². The van der Waals surface area contributed by atoms with E-state index >= 15 is 0 Å². The molecule has 4 N–H and O–H groups in total. The SMILES string of the molecule is O=C(N=Nc1c(O)[nH]c(=O)[nH]c1=O)[C@@H](O)c1ccccc1. The maximum Gasteiger partial charge on any atom is 0.328 e. The molecule has 0 fully saturated rings. The van der Waals surface area contributed by atoms with Crippen molar-refractivity contribution in [2.45, 2.75) is 6.10 Å². The van der Waals surface area contributed by atoms with Gasteiger partial charge in [-0.25, -0.2) is 4.79 Å². The average Bonchev–Trinajstić information content (AvgIpc) is 2.46. The quantitative estimate of drug-likeness (QED) is 0.592. The Kier molecular flexibility index (Phi) is 4.05. The molecule has 0 radical (unpaired) electrons. The van der Waals surface area contributed by atoms with Crippen LogP contribution in [0, 0.1) is 0 Å². The van der Waals surface area contributed by atoms with E-state index in [-0.39, 0.29) is 0 Å². The molecule has 0 aliphatic heterocycles. The van der Waals surface area contributed by atoms with Gasteiger partial charge in [0.25, 0.3) is 11.5 Å². The van der Waals surface area contributed by atoms with Crippen molar-refractivity contribution >= 4 is 11.6 Å². The summed E-state index contributed by atoms with van der Waals surface area (Å²) in [6.07, 6.45) is -1.54. The van der Waals surface area contributed by atoms with Crippen LogP contribution in [0.1, 0.15) is 11.7 Å². The first kappa shape index (κ1) is 14.3. The number of nitrogens with zero attached hydrogens (tertiary/aromatic N) is 2. The number of azo groups is 1. The van der Waals surface area contributed by atoms with Crippen LogP contribution in [0.15, 0.2) is 50.1 Å². The van der Waals surface area contributed by atoms with E-state index < -0.39 is 34.8 Å². The van der Waals surface area contributed by atoms with Crippen LogP contribution in [-0.4, -0.2) is 26.1 Å². The van der Waals surface area contributed by atoms with Crippen LogP contribution in [0.2, 0.25) is 0 Å². The zero-order valence-electron chi connectivity index (χ0n) is 10.5. The minimum absolute atomic E-state index is 0.307. The molecule has 0 bridgehead atoms. The molecule has 2 aromatic rings. The predicted octanol–water partition coefficient (Wildman–Crippen LogP) is 0.113. The highest BCUT2D eigenvalue weighted by molar-refractivity contribution is 5.82. The summed E-state index contributed by atoms with van der Waals surface area (Å²) in [4.78, 5) is 37.5. The Bertz CT molecular complexity index is 793. The molecular formula is C12H10N4O5. The molecule has 0 aliphatic carbocycles. The molecule has 1 aromatic heterocycles. The largest absolute Gasteiger partial charge is 0.493 e. The van der Waals surface area contributed by atoms with Crippen molar-refractivity contribution in [3.8, 4) is 5.88 Å². The number of benzene rings is 1. The van der Waals surface area contributed by atoms with E-state index in [0.717, 1.165) is 0 Å². The molecular weight excluding hydrogens is 280 g/mol. The summed E-state index contributed by atoms with van der Waals surface area (Å²) in [7, 11) is 0. The lowest BCUT2D eigenvalue weighted by Gasteiger charge is -2.04. The second-order valence-corrected chi connectivity index (χ2v) is 3.96. The molecule has 0 spiro atoms. The van der Waals surface area contributed by atoms with Crippen LogP contribution in [0.25, 0.3) is 0 Å². The molecule has 9 heteroatoms. The van der Waals surface area contributed by atoms with E-state index in [1.807, 2.05) is 9.97 Å². The highest BCUT2D eigenvalue weighted by atomic mass is 16.3. The van der Waals surface area contributed by atoms with Crippen LogP contribution in [0.3, 0.4) is 0 Å². The number of nitrogens with one attached hydrogen (secondary N) is 2. The molecule has 21 heavy (non-hydrogen) atoms. The third-order valence-corrected chi connectivity index (χ3v) is 2.50. The lowest BCUT2D eigenvalue weighted by molar-refractivity contribution is -0.126. The number of H-pyrrole nitrogens is 2. The van der Waals surface area contributed by atoms with Crippen LogP contribution < -0.4 is 11.2 Å². The lowest BCUT2D eigenvalue weighted by atomic mass is 10.1. The Morgan fingerprint density at radius 2 is 1.81 bits per heavy atom. The number of hydrogen-bond acceptors (Lipinski definition) is 6. The summed E-state index contributed by atoms with van der Waals surface area (Å²) in [5.41, 5.74) is -2.27. The standard InChI is InChI=1S/C12H10N4O5/c17-8(6-4-2-1-3-5-6)11(20)16-15-7-9(18)13-12(21)14-10(7)19/h1-5,8,17H,(H3,13,14,18,19,21)/t8-/m0/s1. The van der Waals surface area contributed by atoms with Gasteiger partial charge >= 0.3 is 5.69 Å². The van der Waals surface area contributed by atoms with Gasteiger partial charge in [-0.2, -0.15) is 0 Å². The number of aromatic amines is 2. The van der Waals surface area contributed by atoms with Crippen molar-refractivity contribution in [1.82, 2.24) is 9.97 Å². The zero-order valence-corrected chi connectivity index (χ0v) is 10.5. The number of aromatic nitrogens is 2. The second kappa shape index (κ2) is 5.92. The number of amides is 1. The van der Waals surface area contributed by atoms with Crippen LogP contribution >= 0.6 is 0 Å². The number of rotatable bonds is 3. The maximum atomic E-state index is 11.6. The number of aliphatic hydroxyl groups is 1. The Hall–Kier alpha value is -3.07.